The van der Waals surface area contributed by atoms with Gasteiger partial charge in [-0.2, -0.15) is 0 Å². The van der Waals surface area contributed by atoms with Gasteiger partial charge in [0.05, 0.1) is 23.8 Å². The van der Waals surface area contributed by atoms with Crippen LogP contribution in [0.5, 0.6) is 0 Å². The number of hydrogen-bond donors (Lipinski definition) is 2. The van der Waals surface area contributed by atoms with Crippen LogP contribution in [0.1, 0.15) is 29.6 Å². The summed E-state index contributed by atoms with van der Waals surface area (Å²) in [6.07, 6.45) is 3.11. The maximum absolute atomic E-state index is 12.6. The van der Waals surface area contributed by atoms with Crippen LogP contribution >= 0.6 is 24.0 Å². The second kappa shape index (κ2) is 8.35. The van der Waals surface area contributed by atoms with Gasteiger partial charge in [0.15, 0.2) is 0 Å². The Hall–Kier alpha value is -1.34. The van der Waals surface area contributed by atoms with Crippen LogP contribution in [0.25, 0.3) is 0 Å². The van der Waals surface area contributed by atoms with Crippen molar-refractivity contribution in [3.8, 4) is 0 Å². The molecule has 1 aromatic rings. The molecule has 4 rings (SSSR count). The number of carbonyl (C=O) groups excluding carboxylic acids is 2. The van der Waals surface area contributed by atoms with E-state index in [-0.39, 0.29) is 35.6 Å². The summed E-state index contributed by atoms with van der Waals surface area (Å²) in [6.45, 7) is 4.24. The molecule has 1 saturated carbocycles. The first-order valence-electron chi connectivity index (χ1n) is 9.27. The molecule has 2 amide bonds. The van der Waals surface area contributed by atoms with Gasteiger partial charge in [-0.1, -0.05) is 11.6 Å². The van der Waals surface area contributed by atoms with Gasteiger partial charge in [0, 0.05) is 24.7 Å². The van der Waals surface area contributed by atoms with Crippen molar-refractivity contribution in [2.75, 3.05) is 44.7 Å². The van der Waals surface area contributed by atoms with Crippen molar-refractivity contribution in [1.82, 2.24) is 10.2 Å². The molecule has 1 unspecified atom stereocenters. The van der Waals surface area contributed by atoms with E-state index in [9.17, 15) is 9.59 Å². The number of hydrogen-bond acceptors (Lipinski definition) is 4. The molecule has 0 radical (unpaired) electrons. The van der Waals surface area contributed by atoms with Gasteiger partial charge in [0.25, 0.3) is 5.91 Å². The lowest BCUT2D eigenvalue weighted by molar-refractivity contribution is -0.118. The number of carbonyl (C=O) groups is 2. The normalized spacial score (nSPS) is 23.4. The van der Waals surface area contributed by atoms with Crippen molar-refractivity contribution in [2.45, 2.75) is 19.3 Å². The average Bonchev–Trinajstić information content (AvgIpc) is 3.35. The lowest BCUT2D eigenvalue weighted by Gasteiger charge is -2.27. The predicted octanol–water partition coefficient (Wildman–Crippen LogP) is 2.56. The molecule has 0 bridgehead atoms. The minimum absolute atomic E-state index is 0. The van der Waals surface area contributed by atoms with Crippen molar-refractivity contribution < 1.29 is 14.3 Å². The van der Waals surface area contributed by atoms with Crippen molar-refractivity contribution in [1.29, 1.82) is 0 Å². The zero-order valence-electron chi connectivity index (χ0n) is 15.1. The minimum atomic E-state index is -0.0907. The zero-order valence-corrected chi connectivity index (χ0v) is 16.7. The lowest BCUT2D eigenvalue weighted by atomic mass is 9.92. The Balaban J connectivity index is 0.00000210. The van der Waals surface area contributed by atoms with Gasteiger partial charge in [0.2, 0.25) is 5.91 Å². The average molecular weight is 414 g/mol. The van der Waals surface area contributed by atoms with E-state index in [2.05, 4.69) is 10.6 Å². The van der Waals surface area contributed by atoms with Gasteiger partial charge in [0.1, 0.15) is 0 Å². The highest BCUT2D eigenvalue weighted by molar-refractivity contribution is 6.34. The number of nitrogens with zero attached hydrogens (tertiary/aromatic N) is 1. The van der Waals surface area contributed by atoms with E-state index in [1.54, 1.807) is 23.1 Å². The van der Waals surface area contributed by atoms with Gasteiger partial charge in [-0.25, -0.2) is 0 Å². The van der Waals surface area contributed by atoms with E-state index >= 15 is 0 Å². The summed E-state index contributed by atoms with van der Waals surface area (Å²) in [5, 5.41) is 6.69. The molecule has 1 spiro atoms. The van der Waals surface area contributed by atoms with E-state index in [1.165, 1.54) is 0 Å². The Morgan fingerprint density at radius 2 is 1.93 bits per heavy atom. The maximum Gasteiger partial charge on any atom is 0.255 e. The monoisotopic (exact) mass is 413 g/mol. The minimum Gasteiger partial charge on any atom is -0.378 e. The molecule has 3 fully saturated rings. The molecule has 1 aliphatic carbocycles. The van der Waals surface area contributed by atoms with Crippen LogP contribution in [0.2, 0.25) is 5.02 Å². The van der Waals surface area contributed by atoms with Gasteiger partial charge in [-0.3, -0.25) is 9.59 Å². The number of rotatable bonds is 3. The summed E-state index contributed by atoms with van der Waals surface area (Å²) in [7, 11) is 0. The fraction of sp³-hybridized carbons (Fsp3) is 0.579. The number of ether oxygens (including phenoxy) is 1. The molecule has 8 heteroatoms. The number of morpholine rings is 1. The summed E-state index contributed by atoms with van der Waals surface area (Å²) in [6, 6.07) is 5.13. The summed E-state index contributed by atoms with van der Waals surface area (Å²) in [4.78, 5) is 26.9. The Morgan fingerprint density at radius 1 is 1.22 bits per heavy atom. The number of amides is 2. The van der Waals surface area contributed by atoms with Crippen molar-refractivity contribution in [3.05, 3.63) is 28.8 Å². The van der Waals surface area contributed by atoms with E-state index in [0.29, 0.717) is 42.6 Å². The number of nitrogens with one attached hydrogen (secondary N) is 2. The highest BCUT2D eigenvalue weighted by Gasteiger charge is 2.57. The van der Waals surface area contributed by atoms with Gasteiger partial charge in [-0.15, -0.1) is 12.4 Å². The quantitative estimate of drug-likeness (QED) is 0.798. The molecular weight excluding hydrogens is 389 g/mol. The Kier molecular flexibility index (Phi) is 6.31. The fourth-order valence-corrected chi connectivity index (χ4v) is 4.39. The van der Waals surface area contributed by atoms with Gasteiger partial charge in [-0.05, 0) is 56.0 Å². The summed E-state index contributed by atoms with van der Waals surface area (Å²) < 4.78 is 5.28. The molecule has 1 atom stereocenters. The highest BCUT2D eigenvalue weighted by atomic mass is 35.5. The van der Waals surface area contributed by atoms with Crippen molar-refractivity contribution in [2.24, 2.45) is 11.3 Å². The lowest BCUT2D eigenvalue weighted by Crippen LogP contribution is -2.40. The van der Waals surface area contributed by atoms with E-state index in [1.807, 2.05) is 0 Å². The van der Waals surface area contributed by atoms with Crippen LogP contribution < -0.4 is 10.6 Å². The first-order chi connectivity index (χ1) is 12.6. The van der Waals surface area contributed by atoms with Gasteiger partial charge < -0.3 is 20.3 Å². The zero-order chi connectivity index (χ0) is 18.1. The third kappa shape index (κ3) is 4.24. The molecule has 27 heavy (non-hydrogen) atoms. The summed E-state index contributed by atoms with van der Waals surface area (Å²) >= 11 is 6.33. The molecule has 2 N–H and O–H groups in total. The first kappa shape index (κ1) is 20.4. The van der Waals surface area contributed by atoms with E-state index in [0.717, 1.165) is 32.4 Å². The van der Waals surface area contributed by atoms with Crippen LogP contribution in [-0.4, -0.2) is 56.1 Å². The summed E-state index contributed by atoms with van der Waals surface area (Å²) in [5.41, 5.74) is 1.31. The molecule has 0 aromatic heterocycles. The SMILES string of the molecule is Cl.O=C(Nc1ccc(C(=O)N2CCOCC2)c(Cl)c1)C1CC12CCNCC2. The predicted molar refractivity (Wildman–Crippen MR) is 107 cm³/mol. The third-order valence-corrected chi connectivity index (χ3v) is 6.18. The number of benzene rings is 1. The Labute approximate surface area is 170 Å². The van der Waals surface area contributed by atoms with Crippen LogP contribution in [0, 0.1) is 11.3 Å². The topological polar surface area (TPSA) is 70.7 Å². The van der Waals surface area contributed by atoms with E-state index < -0.39 is 0 Å². The standard InChI is InChI=1S/C19H24ClN3O3.ClH/c20-16-11-13(1-2-14(16)18(25)23-7-9-26-10-8-23)22-17(24)15-12-19(15)3-5-21-6-4-19;/h1-2,11,15,21H,3-10,12H2,(H,22,24);1H. The smallest absolute Gasteiger partial charge is 0.255 e. The van der Waals surface area contributed by atoms with Crippen molar-refractivity contribution in [3.63, 3.8) is 0 Å². The van der Waals surface area contributed by atoms with E-state index in [4.69, 9.17) is 16.3 Å². The van der Waals surface area contributed by atoms with Crippen molar-refractivity contribution >= 4 is 41.5 Å². The second-order valence-corrected chi connectivity index (χ2v) is 7.86. The van der Waals surface area contributed by atoms with Crippen LogP contribution in [-0.2, 0) is 9.53 Å². The number of halogens is 2. The first-order valence-corrected chi connectivity index (χ1v) is 9.65. The number of piperidine rings is 1. The maximum atomic E-state index is 12.6. The Bertz CT molecular complexity index is 716. The molecule has 148 valence electrons. The molecular formula is C19H25Cl2N3O3. The molecule has 3 aliphatic rings. The highest BCUT2D eigenvalue weighted by Crippen LogP contribution is 2.58. The van der Waals surface area contributed by atoms with Crippen LogP contribution in [0.4, 0.5) is 5.69 Å². The number of anilines is 1. The Morgan fingerprint density at radius 3 is 2.59 bits per heavy atom. The second-order valence-electron chi connectivity index (χ2n) is 7.46. The van der Waals surface area contributed by atoms with Crippen LogP contribution in [0.3, 0.4) is 0 Å². The fourth-order valence-electron chi connectivity index (χ4n) is 4.13. The molecule has 2 saturated heterocycles. The summed E-state index contributed by atoms with van der Waals surface area (Å²) in [5.74, 6) is 0.0697. The van der Waals surface area contributed by atoms with Gasteiger partial charge >= 0.3 is 0 Å². The molecule has 6 nitrogen and oxygen atoms in total. The molecule has 1 aromatic carbocycles. The largest absolute Gasteiger partial charge is 0.378 e. The third-order valence-electron chi connectivity index (χ3n) is 5.87. The molecule has 2 heterocycles. The molecule has 2 aliphatic heterocycles. The van der Waals surface area contributed by atoms with Crippen LogP contribution in [0.15, 0.2) is 18.2 Å².